The van der Waals surface area contributed by atoms with Gasteiger partial charge in [-0.05, 0) is 88.4 Å². The summed E-state index contributed by atoms with van der Waals surface area (Å²) in [6.45, 7) is 11.6. The van der Waals surface area contributed by atoms with Crippen molar-refractivity contribution >= 4 is 50.7 Å². The van der Waals surface area contributed by atoms with Gasteiger partial charge in [0.05, 0.1) is 11.9 Å². The molecule has 2 aromatic carbocycles. The molecule has 0 aromatic heterocycles. The molecule has 0 aliphatic rings. The van der Waals surface area contributed by atoms with E-state index in [4.69, 9.17) is 23.2 Å². The number of halogens is 2. The van der Waals surface area contributed by atoms with Gasteiger partial charge < -0.3 is 10.2 Å². The number of benzene rings is 2. The molecule has 7 nitrogen and oxygen atoms in total. The van der Waals surface area contributed by atoms with E-state index in [1.165, 1.54) is 9.21 Å². The fraction of sp³-hybridized carbons (Fsp3) is 0.500. The molecule has 0 radical (unpaired) electrons. The number of sulfonamides is 1. The molecule has 0 aliphatic heterocycles. The first kappa shape index (κ1) is 31.9. The molecular formula is C28H39Cl2N3O4S. The Morgan fingerprint density at radius 2 is 1.63 bits per heavy atom. The zero-order valence-electron chi connectivity index (χ0n) is 23.3. The number of amides is 2. The standard InChI is InChI=1S/C28H39Cl2N3O4S/c1-8-25(27(35)31-28(4,5)6)32(18-21-11-12-22(29)17-24(21)30)26(34)10-9-13-33(38(7,36)37)23-15-19(2)14-20(3)16-23/h11-12,14-17,25H,8-10,13,18H2,1-7H3,(H,31,35)/t25-/m1/s1. The molecule has 0 aliphatic carbocycles. The highest BCUT2D eigenvalue weighted by atomic mass is 35.5. The van der Waals surface area contributed by atoms with Crippen LogP contribution in [0.15, 0.2) is 36.4 Å². The first-order chi connectivity index (χ1) is 17.5. The van der Waals surface area contributed by atoms with Gasteiger partial charge in [0, 0.05) is 35.1 Å². The summed E-state index contributed by atoms with van der Waals surface area (Å²) in [5.41, 5.74) is 2.66. The summed E-state index contributed by atoms with van der Waals surface area (Å²) in [6.07, 6.45) is 1.89. The Kier molecular flexibility index (Phi) is 11.1. The summed E-state index contributed by atoms with van der Waals surface area (Å²) in [6, 6.07) is 9.91. The zero-order valence-corrected chi connectivity index (χ0v) is 25.6. The van der Waals surface area contributed by atoms with Gasteiger partial charge in [-0.25, -0.2) is 8.42 Å². The molecule has 0 spiro atoms. The van der Waals surface area contributed by atoms with E-state index < -0.39 is 21.6 Å². The Bertz CT molecular complexity index is 1240. The molecule has 10 heteroatoms. The third-order valence-electron chi connectivity index (χ3n) is 5.89. The van der Waals surface area contributed by atoms with Gasteiger partial charge in [0.15, 0.2) is 0 Å². The number of rotatable bonds is 11. The van der Waals surface area contributed by atoms with Crippen molar-refractivity contribution < 1.29 is 18.0 Å². The zero-order chi connectivity index (χ0) is 28.8. The van der Waals surface area contributed by atoms with Crippen LogP contribution < -0.4 is 9.62 Å². The summed E-state index contributed by atoms with van der Waals surface area (Å²) in [5, 5.41) is 3.84. The fourth-order valence-electron chi connectivity index (χ4n) is 4.30. The molecule has 38 heavy (non-hydrogen) atoms. The van der Waals surface area contributed by atoms with Crippen molar-refractivity contribution in [3.8, 4) is 0 Å². The molecule has 0 saturated carbocycles. The Labute approximate surface area is 237 Å². The second-order valence-corrected chi connectivity index (χ2v) is 13.5. The highest BCUT2D eigenvalue weighted by Gasteiger charge is 2.31. The molecule has 1 atom stereocenters. The smallest absolute Gasteiger partial charge is 0.243 e. The van der Waals surface area contributed by atoms with E-state index in [0.29, 0.717) is 27.7 Å². The second kappa shape index (κ2) is 13.2. The predicted molar refractivity (Wildman–Crippen MR) is 156 cm³/mol. The van der Waals surface area contributed by atoms with Crippen LogP contribution in [0.4, 0.5) is 5.69 Å². The molecule has 1 N–H and O–H groups in total. The molecule has 0 saturated heterocycles. The van der Waals surface area contributed by atoms with Crippen LogP contribution in [0.1, 0.15) is 63.6 Å². The van der Waals surface area contributed by atoms with Gasteiger partial charge in [-0.2, -0.15) is 0 Å². The first-order valence-corrected chi connectivity index (χ1v) is 15.2. The first-order valence-electron chi connectivity index (χ1n) is 12.6. The van der Waals surface area contributed by atoms with Gasteiger partial charge in [0.1, 0.15) is 6.04 Å². The average Bonchev–Trinajstić information content (AvgIpc) is 2.75. The van der Waals surface area contributed by atoms with E-state index in [1.807, 2.05) is 59.7 Å². The molecule has 0 fully saturated rings. The summed E-state index contributed by atoms with van der Waals surface area (Å²) < 4.78 is 26.5. The number of aryl methyl sites for hydroxylation is 2. The Morgan fingerprint density at radius 3 is 2.13 bits per heavy atom. The second-order valence-electron chi connectivity index (χ2n) is 10.7. The monoisotopic (exact) mass is 583 g/mol. The van der Waals surface area contributed by atoms with Gasteiger partial charge in [-0.15, -0.1) is 0 Å². The topological polar surface area (TPSA) is 86.8 Å². The summed E-state index contributed by atoms with van der Waals surface area (Å²) in [4.78, 5) is 28.3. The molecule has 2 aromatic rings. The molecule has 0 unspecified atom stereocenters. The minimum atomic E-state index is -3.57. The van der Waals surface area contributed by atoms with Crippen LogP contribution >= 0.6 is 23.2 Å². The maximum atomic E-state index is 13.6. The number of hydrogen-bond donors (Lipinski definition) is 1. The number of carbonyl (C=O) groups excluding carboxylic acids is 2. The minimum Gasteiger partial charge on any atom is -0.350 e. The molecular weight excluding hydrogens is 545 g/mol. The number of hydrogen-bond acceptors (Lipinski definition) is 4. The maximum Gasteiger partial charge on any atom is 0.243 e. The minimum absolute atomic E-state index is 0.0569. The molecule has 2 amide bonds. The van der Waals surface area contributed by atoms with E-state index in [9.17, 15) is 18.0 Å². The largest absolute Gasteiger partial charge is 0.350 e. The van der Waals surface area contributed by atoms with Crippen LogP contribution in [0.2, 0.25) is 10.0 Å². The number of nitrogens with zero attached hydrogens (tertiary/aromatic N) is 2. The summed E-state index contributed by atoms with van der Waals surface area (Å²) in [5.74, 6) is -0.521. The highest BCUT2D eigenvalue weighted by Crippen LogP contribution is 2.25. The van der Waals surface area contributed by atoms with Crippen LogP contribution in [-0.2, 0) is 26.2 Å². The number of carbonyl (C=O) groups is 2. The fourth-order valence-corrected chi connectivity index (χ4v) is 5.72. The van der Waals surface area contributed by atoms with Gasteiger partial charge in [0.25, 0.3) is 0 Å². The Balaban J connectivity index is 2.30. The van der Waals surface area contributed by atoms with Gasteiger partial charge in [-0.3, -0.25) is 13.9 Å². The lowest BCUT2D eigenvalue weighted by Gasteiger charge is -2.33. The maximum absolute atomic E-state index is 13.6. The lowest BCUT2D eigenvalue weighted by Crippen LogP contribution is -2.53. The van der Waals surface area contributed by atoms with Crippen molar-refractivity contribution in [2.24, 2.45) is 0 Å². The third kappa shape index (κ3) is 9.47. The SMILES string of the molecule is CC[C@H](C(=O)NC(C)(C)C)N(Cc1ccc(Cl)cc1Cl)C(=O)CCCN(c1cc(C)cc(C)c1)S(C)(=O)=O. The van der Waals surface area contributed by atoms with Crippen molar-refractivity contribution in [1.82, 2.24) is 10.2 Å². The van der Waals surface area contributed by atoms with Crippen molar-refractivity contribution in [2.45, 2.75) is 78.9 Å². The lowest BCUT2D eigenvalue weighted by atomic mass is 10.0. The highest BCUT2D eigenvalue weighted by molar-refractivity contribution is 7.92. The van der Waals surface area contributed by atoms with E-state index in [1.54, 1.807) is 18.2 Å². The Hall–Kier alpha value is -2.29. The van der Waals surface area contributed by atoms with E-state index in [0.717, 1.165) is 17.4 Å². The molecule has 210 valence electrons. The predicted octanol–water partition coefficient (Wildman–Crippen LogP) is 5.88. The van der Waals surface area contributed by atoms with Crippen molar-refractivity contribution in [1.29, 1.82) is 0 Å². The van der Waals surface area contributed by atoms with Gasteiger partial charge in [0.2, 0.25) is 21.8 Å². The van der Waals surface area contributed by atoms with Crippen LogP contribution in [-0.4, -0.2) is 49.5 Å². The molecule has 2 rings (SSSR count). The molecule has 0 bridgehead atoms. The van der Waals surface area contributed by atoms with Gasteiger partial charge in [-0.1, -0.05) is 42.3 Å². The summed E-state index contributed by atoms with van der Waals surface area (Å²) in [7, 11) is -3.57. The van der Waals surface area contributed by atoms with Crippen molar-refractivity contribution in [2.75, 3.05) is 17.1 Å². The number of nitrogens with one attached hydrogen (secondary N) is 1. The average molecular weight is 585 g/mol. The van der Waals surface area contributed by atoms with Crippen LogP contribution in [0, 0.1) is 13.8 Å². The van der Waals surface area contributed by atoms with E-state index >= 15 is 0 Å². The summed E-state index contributed by atoms with van der Waals surface area (Å²) >= 11 is 12.5. The van der Waals surface area contributed by atoms with Crippen LogP contribution in [0.5, 0.6) is 0 Å². The third-order valence-corrected chi connectivity index (χ3v) is 7.67. The Morgan fingerprint density at radius 1 is 1.03 bits per heavy atom. The van der Waals surface area contributed by atoms with Crippen LogP contribution in [0.3, 0.4) is 0 Å². The number of anilines is 1. The van der Waals surface area contributed by atoms with Crippen LogP contribution in [0.25, 0.3) is 0 Å². The van der Waals surface area contributed by atoms with Crippen molar-refractivity contribution in [3.63, 3.8) is 0 Å². The van der Waals surface area contributed by atoms with Crippen molar-refractivity contribution in [3.05, 3.63) is 63.1 Å². The van der Waals surface area contributed by atoms with Gasteiger partial charge >= 0.3 is 0 Å². The lowest BCUT2D eigenvalue weighted by molar-refractivity contribution is -0.142. The normalized spacial score (nSPS) is 12.7. The quantitative estimate of drug-likeness (QED) is 0.358. The van der Waals surface area contributed by atoms with E-state index in [-0.39, 0.29) is 37.7 Å². The van der Waals surface area contributed by atoms with E-state index in [2.05, 4.69) is 5.32 Å². The molecule has 0 heterocycles.